The number of halogens is 2. The Morgan fingerprint density at radius 2 is 1.51 bits per heavy atom. The summed E-state index contributed by atoms with van der Waals surface area (Å²) in [6.45, 7) is 0.966. The molecule has 12 radical (unpaired) electrons. The molecule has 226 valence electrons. The maximum Gasteiger partial charge on any atom is 0.162 e. The van der Waals surface area contributed by atoms with Gasteiger partial charge in [0.05, 0.1) is 13.2 Å². The van der Waals surface area contributed by atoms with Crippen molar-refractivity contribution >= 4 is 82.9 Å². The first-order valence-corrected chi connectivity index (χ1v) is 16.3. The maximum absolute atomic E-state index is 14.3. The van der Waals surface area contributed by atoms with Crippen molar-refractivity contribution < 1.29 is 18.3 Å². The second-order valence-corrected chi connectivity index (χ2v) is 12.6. The van der Waals surface area contributed by atoms with Gasteiger partial charge in [-0.1, -0.05) is 48.5 Å². The van der Waals surface area contributed by atoms with E-state index in [0.717, 1.165) is 30.5 Å². The fourth-order valence-electron chi connectivity index (χ4n) is 7.11. The molecule has 16 heteroatoms. The van der Waals surface area contributed by atoms with Crippen LogP contribution in [0, 0.1) is 11.6 Å². The summed E-state index contributed by atoms with van der Waals surface area (Å²) in [6.07, 6.45) is -0.758. The number of H-pyrrole nitrogens is 1. The fraction of sp³-hybridized carbons (Fsp3) is 0.212. The van der Waals surface area contributed by atoms with Gasteiger partial charge in [0.1, 0.15) is 18.2 Å². The average Bonchev–Trinajstić information content (AvgIpc) is 3.45. The molecular weight excluding hydrogens is 602 g/mol. The summed E-state index contributed by atoms with van der Waals surface area (Å²) in [5, 5.41) is 1.22. The van der Waals surface area contributed by atoms with Gasteiger partial charge in [0.15, 0.2) is 11.5 Å². The van der Waals surface area contributed by atoms with E-state index in [0.29, 0.717) is 17.1 Å². The van der Waals surface area contributed by atoms with Crippen molar-refractivity contribution in [2.24, 2.45) is 0 Å². The van der Waals surface area contributed by atoms with Crippen molar-refractivity contribution in [1.82, 2.24) is 9.88 Å². The second-order valence-electron chi connectivity index (χ2n) is 12.6. The Kier molecular flexibility index (Phi) is 10.9. The number of methoxy groups -OCH3 is 1. The molecule has 2 atom stereocenters. The Bertz CT molecular complexity index is 1890. The molecule has 0 fully saturated rings. The molecule has 4 nitrogen and oxygen atoms in total. The van der Waals surface area contributed by atoms with Crippen LogP contribution in [-0.2, 0) is 19.4 Å². The van der Waals surface area contributed by atoms with E-state index in [1.165, 1.54) is 33.8 Å². The van der Waals surface area contributed by atoms with Gasteiger partial charge in [0, 0.05) is 107 Å². The topological polar surface area (TPSA) is 37.5 Å². The molecule has 1 aromatic heterocycles. The van der Waals surface area contributed by atoms with E-state index in [2.05, 4.69) is 40.2 Å². The van der Waals surface area contributed by atoms with Gasteiger partial charge in [-0.05, 0) is 71.5 Å². The molecular formula is C33H28B10F2N2O2. The molecule has 2 aliphatic rings. The molecule has 0 amide bonds. The maximum atomic E-state index is 14.3. The summed E-state index contributed by atoms with van der Waals surface area (Å²) in [5.74, 6) is 0.722. The third-order valence-corrected chi connectivity index (χ3v) is 9.53. The van der Waals surface area contributed by atoms with Crippen LogP contribution in [0.1, 0.15) is 45.6 Å². The molecule has 4 aromatic carbocycles. The molecule has 3 heterocycles. The number of para-hydroxylation sites is 1. The lowest BCUT2D eigenvalue weighted by molar-refractivity contribution is 0.127. The number of benzene rings is 4. The van der Waals surface area contributed by atoms with Gasteiger partial charge in [0.2, 0.25) is 0 Å². The Morgan fingerprint density at radius 1 is 0.837 bits per heavy atom. The minimum absolute atomic E-state index is 0.0372. The van der Waals surface area contributed by atoms with Gasteiger partial charge in [-0.3, -0.25) is 4.90 Å². The number of aromatic nitrogens is 1. The van der Waals surface area contributed by atoms with E-state index in [1.807, 2.05) is 18.2 Å². The van der Waals surface area contributed by atoms with Gasteiger partial charge < -0.3 is 14.5 Å². The quantitative estimate of drug-likeness (QED) is 0.267. The molecule has 0 saturated carbocycles. The van der Waals surface area contributed by atoms with Crippen molar-refractivity contribution in [2.45, 2.75) is 31.5 Å². The Labute approximate surface area is 296 Å². The van der Waals surface area contributed by atoms with E-state index in [4.69, 9.17) is 55.9 Å². The monoisotopic (exact) mass is 632 g/mol. The van der Waals surface area contributed by atoms with Crippen LogP contribution in [0.25, 0.3) is 10.9 Å². The Morgan fingerprint density at radius 3 is 2.16 bits per heavy atom. The van der Waals surface area contributed by atoms with Crippen molar-refractivity contribution in [3.05, 3.63) is 130 Å². The first-order valence-electron chi connectivity index (χ1n) is 16.3. The van der Waals surface area contributed by atoms with E-state index in [-0.39, 0.29) is 30.3 Å². The summed E-state index contributed by atoms with van der Waals surface area (Å²) in [4.78, 5) is 6.21. The molecule has 1 N–H and O–H groups in total. The van der Waals surface area contributed by atoms with Crippen LogP contribution in [0.5, 0.6) is 11.5 Å². The van der Waals surface area contributed by atoms with E-state index in [1.54, 1.807) is 37.4 Å². The largest absolute Gasteiger partial charge is 0.493 e. The number of nitrogens with one attached hydrogen (secondary N) is 1. The molecule has 49 heavy (non-hydrogen) atoms. The minimum Gasteiger partial charge on any atom is -0.493 e. The van der Waals surface area contributed by atoms with Crippen LogP contribution in [-0.4, -0.2) is 95.5 Å². The number of nitrogens with zero attached hydrogens (tertiary/aromatic N) is 1. The third kappa shape index (κ3) is 7.36. The fourth-order valence-corrected chi connectivity index (χ4v) is 7.11. The molecule has 0 aliphatic carbocycles. The van der Waals surface area contributed by atoms with E-state index in [9.17, 15) is 8.78 Å². The molecule has 7 rings (SSSR count). The SMILES string of the molecule is COc1cc2c(cc1OCc1ccccc1F)C1Cc3c([nH]c4ccccc34)C(c3ccc(F)cc3)N1CC2.[B]B([B])B(B([B])[B])B([B])[B]. The number of hydrogen-bond donors (Lipinski definition) is 1. The molecule has 2 aliphatic heterocycles. The highest BCUT2D eigenvalue weighted by molar-refractivity contribution is 8.00. The van der Waals surface area contributed by atoms with Crippen LogP contribution in [0.4, 0.5) is 8.78 Å². The molecule has 0 bridgehead atoms. The Hall–Kier alpha value is -3.51. The normalized spacial score (nSPS) is 16.3. The molecule has 0 saturated heterocycles. The first kappa shape index (κ1) is 35.3. The predicted octanol–water partition coefficient (Wildman–Crippen LogP) is 3.47. The molecule has 2 unspecified atom stereocenters. The average molecular weight is 631 g/mol. The zero-order valence-corrected chi connectivity index (χ0v) is 27.4. The lowest BCUT2D eigenvalue weighted by Gasteiger charge is -2.46. The Balaban J connectivity index is 0.000000365. The number of rotatable bonds is 8. The van der Waals surface area contributed by atoms with E-state index < -0.39 is 25.5 Å². The summed E-state index contributed by atoms with van der Waals surface area (Å²) < 4.78 is 40.1. The van der Waals surface area contributed by atoms with Crippen LogP contribution < -0.4 is 9.47 Å². The lowest BCUT2D eigenvalue weighted by atomic mass is 8.58. The van der Waals surface area contributed by atoms with Gasteiger partial charge >= 0.3 is 0 Å². The summed E-state index contributed by atoms with van der Waals surface area (Å²) in [5.41, 5.74) is 7.54. The van der Waals surface area contributed by atoms with Gasteiger partial charge in [-0.25, -0.2) is 8.78 Å². The number of fused-ring (bicyclic) bond motifs is 6. The minimum atomic E-state index is -0.667. The zero-order valence-electron chi connectivity index (χ0n) is 27.4. The molecule has 0 spiro atoms. The van der Waals surface area contributed by atoms with Crippen LogP contribution in [0.15, 0.2) is 84.9 Å². The third-order valence-electron chi connectivity index (χ3n) is 9.53. The van der Waals surface area contributed by atoms with Crippen LogP contribution >= 0.6 is 0 Å². The van der Waals surface area contributed by atoms with Crippen molar-refractivity contribution in [2.75, 3.05) is 13.7 Å². The highest BCUT2D eigenvalue weighted by atomic mass is 19.1. The van der Waals surface area contributed by atoms with Crippen molar-refractivity contribution in [3.8, 4) is 11.5 Å². The number of hydrogen-bond acceptors (Lipinski definition) is 3. The van der Waals surface area contributed by atoms with Gasteiger partial charge in [0.25, 0.3) is 0 Å². The standard InChI is InChI=1S/C33H28F2N2O2.B10/c1-38-30-16-21-14-15-37-29(25(21)18-31(30)39-19-22-6-2-4-8-27(22)35)17-26-24-7-3-5-9-28(24)36-32(26)33(37)20-10-12-23(34)13-11-20;1-7(2)10(8(3)4)9(5)6/h2-13,16,18,29,33,36H,14-15,17,19H2,1H3;. The summed E-state index contributed by atoms with van der Waals surface area (Å²) in [6, 6.07) is 26.1. The van der Waals surface area contributed by atoms with Gasteiger partial charge in [-0.2, -0.15) is 0 Å². The van der Waals surface area contributed by atoms with Crippen LogP contribution in [0.2, 0.25) is 0 Å². The highest BCUT2D eigenvalue weighted by Crippen LogP contribution is 2.49. The summed E-state index contributed by atoms with van der Waals surface area (Å²) in [7, 11) is 33.4. The highest BCUT2D eigenvalue weighted by Gasteiger charge is 2.41. The van der Waals surface area contributed by atoms with Crippen LogP contribution in [0.3, 0.4) is 0 Å². The number of aromatic amines is 1. The lowest BCUT2D eigenvalue weighted by Crippen LogP contribution is -2.62. The van der Waals surface area contributed by atoms with E-state index >= 15 is 0 Å². The summed E-state index contributed by atoms with van der Waals surface area (Å²) >= 11 is 0. The van der Waals surface area contributed by atoms with Crippen molar-refractivity contribution in [3.63, 3.8) is 0 Å². The van der Waals surface area contributed by atoms with Crippen molar-refractivity contribution in [1.29, 1.82) is 0 Å². The smallest absolute Gasteiger partial charge is 0.162 e. The predicted molar refractivity (Wildman–Crippen MR) is 205 cm³/mol. The zero-order chi connectivity index (χ0) is 34.8. The number of ether oxygens (including phenoxy) is 2. The first-order chi connectivity index (χ1) is 23.6. The van der Waals surface area contributed by atoms with Gasteiger partial charge in [-0.15, -0.1) is 0 Å². The molecule has 5 aromatic rings. The second kappa shape index (κ2) is 15.2.